The Morgan fingerprint density at radius 1 is 0.929 bits per heavy atom. The summed E-state index contributed by atoms with van der Waals surface area (Å²) in [6.07, 6.45) is 12.7. The molecule has 1 nitrogen and oxygen atoms in total. The standard InChI is InChI=1S/C13H27N/c1-3-4-5-6-7-8-9-12-14-13(2)10-11-13/h14H,3-12H2,1-2H3. The Balaban J connectivity index is 1.72. The second-order valence-electron chi connectivity index (χ2n) is 5.11. The van der Waals surface area contributed by atoms with Gasteiger partial charge in [0.15, 0.2) is 0 Å². The minimum Gasteiger partial charge on any atom is -0.312 e. The molecule has 1 fully saturated rings. The van der Waals surface area contributed by atoms with Crippen LogP contribution in [0.1, 0.15) is 71.6 Å². The fourth-order valence-electron chi connectivity index (χ4n) is 1.84. The fraction of sp³-hybridized carbons (Fsp3) is 1.00. The molecule has 0 aromatic carbocycles. The third-order valence-corrected chi connectivity index (χ3v) is 3.33. The number of hydrogen-bond acceptors (Lipinski definition) is 1. The summed E-state index contributed by atoms with van der Waals surface area (Å²) in [5.74, 6) is 0. The Kier molecular flexibility index (Phi) is 5.54. The quantitative estimate of drug-likeness (QED) is 0.553. The Hall–Kier alpha value is -0.0400. The molecule has 0 aromatic heterocycles. The molecular weight excluding hydrogens is 170 g/mol. The predicted octanol–water partition coefficient (Wildman–Crippen LogP) is 3.88. The van der Waals surface area contributed by atoms with Gasteiger partial charge in [-0.2, -0.15) is 0 Å². The van der Waals surface area contributed by atoms with E-state index in [0.717, 1.165) is 0 Å². The third-order valence-electron chi connectivity index (χ3n) is 3.33. The molecule has 1 aliphatic carbocycles. The molecule has 0 bridgehead atoms. The number of hydrogen-bond donors (Lipinski definition) is 1. The highest BCUT2D eigenvalue weighted by atomic mass is 15.0. The van der Waals surface area contributed by atoms with Gasteiger partial charge in [-0.15, -0.1) is 0 Å². The molecule has 84 valence electrons. The van der Waals surface area contributed by atoms with E-state index in [1.165, 1.54) is 64.3 Å². The third kappa shape index (κ3) is 5.64. The van der Waals surface area contributed by atoms with Crippen molar-refractivity contribution in [2.75, 3.05) is 6.54 Å². The molecule has 0 aromatic rings. The van der Waals surface area contributed by atoms with E-state index in [4.69, 9.17) is 0 Å². The van der Waals surface area contributed by atoms with Gasteiger partial charge in [0.2, 0.25) is 0 Å². The maximum atomic E-state index is 3.64. The monoisotopic (exact) mass is 197 g/mol. The smallest absolute Gasteiger partial charge is 0.0154 e. The predicted molar refractivity (Wildman–Crippen MR) is 63.6 cm³/mol. The molecule has 1 N–H and O–H groups in total. The van der Waals surface area contributed by atoms with Crippen LogP contribution in [-0.2, 0) is 0 Å². The Labute approximate surface area is 89.7 Å². The first-order valence-electron chi connectivity index (χ1n) is 6.52. The molecule has 0 heterocycles. The second-order valence-corrected chi connectivity index (χ2v) is 5.11. The first-order valence-corrected chi connectivity index (χ1v) is 6.52. The lowest BCUT2D eigenvalue weighted by atomic mass is 10.1. The van der Waals surface area contributed by atoms with Gasteiger partial charge in [-0.3, -0.25) is 0 Å². The van der Waals surface area contributed by atoms with Crippen molar-refractivity contribution in [1.82, 2.24) is 5.32 Å². The summed E-state index contributed by atoms with van der Waals surface area (Å²) in [4.78, 5) is 0. The van der Waals surface area contributed by atoms with Crippen LogP contribution >= 0.6 is 0 Å². The minimum atomic E-state index is 0.544. The Morgan fingerprint density at radius 2 is 1.50 bits per heavy atom. The lowest BCUT2D eigenvalue weighted by Gasteiger charge is -2.10. The van der Waals surface area contributed by atoms with Crippen LogP contribution in [0, 0.1) is 0 Å². The van der Waals surface area contributed by atoms with Crippen molar-refractivity contribution < 1.29 is 0 Å². The highest BCUT2D eigenvalue weighted by Gasteiger charge is 2.35. The van der Waals surface area contributed by atoms with Gasteiger partial charge >= 0.3 is 0 Å². The van der Waals surface area contributed by atoms with Crippen LogP contribution in [0.5, 0.6) is 0 Å². The summed E-state index contributed by atoms with van der Waals surface area (Å²) in [6, 6.07) is 0. The first-order chi connectivity index (χ1) is 6.77. The lowest BCUT2D eigenvalue weighted by molar-refractivity contribution is 0.502. The van der Waals surface area contributed by atoms with Crippen LogP contribution in [0.2, 0.25) is 0 Å². The van der Waals surface area contributed by atoms with E-state index in [-0.39, 0.29) is 0 Å². The van der Waals surface area contributed by atoms with Crippen LogP contribution in [0.4, 0.5) is 0 Å². The molecule has 0 spiro atoms. The van der Waals surface area contributed by atoms with Crippen LogP contribution in [0.3, 0.4) is 0 Å². The summed E-state index contributed by atoms with van der Waals surface area (Å²) >= 11 is 0. The van der Waals surface area contributed by atoms with Crippen LogP contribution in [-0.4, -0.2) is 12.1 Å². The highest BCUT2D eigenvalue weighted by molar-refractivity contribution is 4.97. The summed E-state index contributed by atoms with van der Waals surface area (Å²) in [6.45, 7) is 5.86. The largest absolute Gasteiger partial charge is 0.312 e. The van der Waals surface area contributed by atoms with Crippen molar-refractivity contribution in [3.63, 3.8) is 0 Å². The highest BCUT2D eigenvalue weighted by Crippen LogP contribution is 2.34. The second kappa shape index (κ2) is 6.44. The van der Waals surface area contributed by atoms with Crippen molar-refractivity contribution in [2.24, 2.45) is 0 Å². The van der Waals surface area contributed by atoms with E-state index in [0.29, 0.717) is 5.54 Å². The average Bonchev–Trinajstić information content (AvgIpc) is 2.89. The van der Waals surface area contributed by atoms with Crippen LogP contribution in [0.25, 0.3) is 0 Å². The van der Waals surface area contributed by atoms with E-state index in [2.05, 4.69) is 19.2 Å². The molecule has 0 aliphatic heterocycles. The first kappa shape index (κ1) is 12.0. The molecule has 1 rings (SSSR count). The van der Waals surface area contributed by atoms with Crippen molar-refractivity contribution >= 4 is 0 Å². The summed E-state index contributed by atoms with van der Waals surface area (Å²) in [7, 11) is 0. The van der Waals surface area contributed by atoms with Crippen molar-refractivity contribution in [1.29, 1.82) is 0 Å². The topological polar surface area (TPSA) is 12.0 Å². The summed E-state index contributed by atoms with van der Waals surface area (Å²) < 4.78 is 0. The lowest BCUT2D eigenvalue weighted by Crippen LogP contribution is -2.28. The molecule has 0 saturated heterocycles. The SMILES string of the molecule is CCCCCCCCCNC1(C)CC1. The van der Waals surface area contributed by atoms with E-state index >= 15 is 0 Å². The van der Waals surface area contributed by atoms with Gasteiger partial charge < -0.3 is 5.32 Å². The normalized spacial score (nSPS) is 18.4. The van der Waals surface area contributed by atoms with E-state index in [9.17, 15) is 0 Å². The number of rotatable bonds is 9. The molecule has 1 aliphatic rings. The minimum absolute atomic E-state index is 0.544. The van der Waals surface area contributed by atoms with Crippen molar-refractivity contribution in [2.45, 2.75) is 77.2 Å². The Bertz CT molecular complexity index is 138. The van der Waals surface area contributed by atoms with Gasteiger partial charge in [0.1, 0.15) is 0 Å². The fourth-order valence-corrected chi connectivity index (χ4v) is 1.84. The maximum absolute atomic E-state index is 3.64. The zero-order chi connectivity index (χ0) is 10.3. The van der Waals surface area contributed by atoms with E-state index in [1.807, 2.05) is 0 Å². The van der Waals surface area contributed by atoms with E-state index in [1.54, 1.807) is 0 Å². The number of unbranched alkanes of at least 4 members (excludes halogenated alkanes) is 6. The molecular formula is C13H27N. The zero-order valence-electron chi connectivity index (χ0n) is 10.1. The summed E-state index contributed by atoms with van der Waals surface area (Å²) in [5.41, 5.74) is 0.544. The van der Waals surface area contributed by atoms with Gasteiger partial charge in [-0.05, 0) is 32.7 Å². The molecule has 14 heavy (non-hydrogen) atoms. The molecule has 0 radical (unpaired) electrons. The van der Waals surface area contributed by atoms with Gasteiger partial charge in [0.25, 0.3) is 0 Å². The van der Waals surface area contributed by atoms with Gasteiger partial charge in [0.05, 0.1) is 0 Å². The summed E-state index contributed by atoms with van der Waals surface area (Å²) in [5, 5.41) is 3.64. The molecule has 1 heteroatoms. The van der Waals surface area contributed by atoms with Gasteiger partial charge in [-0.1, -0.05) is 45.4 Å². The maximum Gasteiger partial charge on any atom is 0.0154 e. The van der Waals surface area contributed by atoms with E-state index < -0.39 is 0 Å². The molecule has 0 unspecified atom stereocenters. The average molecular weight is 197 g/mol. The zero-order valence-corrected chi connectivity index (χ0v) is 10.1. The number of nitrogens with one attached hydrogen (secondary N) is 1. The molecule has 1 saturated carbocycles. The Morgan fingerprint density at radius 3 is 2.07 bits per heavy atom. The van der Waals surface area contributed by atoms with Crippen molar-refractivity contribution in [3.05, 3.63) is 0 Å². The van der Waals surface area contributed by atoms with Gasteiger partial charge in [0, 0.05) is 5.54 Å². The van der Waals surface area contributed by atoms with Crippen LogP contribution < -0.4 is 5.32 Å². The van der Waals surface area contributed by atoms with Crippen LogP contribution in [0.15, 0.2) is 0 Å². The van der Waals surface area contributed by atoms with Crippen molar-refractivity contribution in [3.8, 4) is 0 Å². The van der Waals surface area contributed by atoms with Gasteiger partial charge in [-0.25, -0.2) is 0 Å². The molecule has 0 amide bonds. The molecule has 0 atom stereocenters.